The van der Waals surface area contributed by atoms with E-state index in [9.17, 15) is 13.2 Å². The van der Waals surface area contributed by atoms with Crippen molar-refractivity contribution in [3.05, 3.63) is 53.1 Å². The van der Waals surface area contributed by atoms with E-state index in [1.165, 1.54) is 43.9 Å². The monoisotopic (exact) mass is 447 g/mol. The summed E-state index contributed by atoms with van der Waals surface area (Å²) in [6, 6.07) is 12.0. The second-order valence-corrected chi connectivity index (χ2v) is 10.0. The molecular formula is C22H26ClN3O3S. The molecule has 1 aliphatic carbocycles. The molecule has 1 saturated heterocycles. The molecule has 2 fully saturated rings. The van der Waals surface area contributed by atoms with Gasteiger partial charge >= 0.3 is 0 Å². The van der Waals surface area contributed by atoms with Gasteiger partial charge in [-0.25, -0.2) is 13.1 Å². The third kappa shape index (κ3) is 5.14. The van der Waals surface area contributed by atoms with E-state index in [1.807, 2.05) is 24.3 Å². The Balaban J connectivity index is 1.46. The average Bonchev–Trinajstić information content (AvgIpc) is 3.55. The van der Waals surface area contributed by atoms with Crippen molar-refractivity contribution < 1.29 is 13.2 Å². The third-order valence-electron chi connectivity index (χ3n) is 5.48. The first-order chi connectivity index (χ1) is 14.4. The van der Waals surface area contributed by atoms with Crippen LogP contribution in [0.2, 0.25) is 5.02 Å². The molecule has 0 radical (unpaired) electrons. The maximum absolute atomic E-state index is 12.7. The normalized spacial score (nSPS) is 17.4. The zero-order valence-corrected chi connectivity index (χ0v) is 18.3. The molecule has 0 atom stereocenters. The largest absolute Gasteiger partial charge is 0.372 e. The van der Waals surface area contributed by atoms with Crippen molar-refractivity contribution in [3.63, 3.8) is 0 Å². The van der Waals surface area contributed by atoms with Gasteiger partial charge in [-0.15, -0.1) is 0 Å². The summed E-state index contributed by atoms with van der Waals surface area (Å²) in [5.74, 6) is -0.378. The van der Waals surface area contributed by atoms with Crippen LogP contribution in [0.1, 0.15) is 48.9 Å². The lowest BCUT2D eigenvalue weighted by Gasteiger charge is -2.22. The second kappa shape index (κ2) is 8.96. The van der Waals surface area contributed by atoms with Gasteiger partial charge in [-0.3, -0.25) is 4.79 Å². The molecule has 0 aromatic heterocycles. The lowest BCUT2D eigenvalue weighted by molar-refractivity contribution is 0.102. The Morgan fingerprint density at radius 2 is 1.63 bits per heavy atom. The Labute approximate surface area is 182 Å². The molecule has 0 bridgehead atoms. The molecule has 6 nitrogen and oxygen atoms in total. The molecule has 2 aromatic carbocycles. The van der Waals surface area contributed by atoms with Crippen molar-refractivity contribution in [2.24, 2.45) is 0 Å². The molecule has 1 heterocycles. The number of benzene rings is 2. The van der Waals surface area contributed by atoms with E-state index in [4.69, 9.17) is 11.6 Å². The number of carbonyl (C=O) groups excluding carboxylic acids is 1. The summed E-state index contributed by atoms with van der Waals surface area (Å²) in [5, 5.41) is 2.93. The number of carbonyl (C=O) groups is 1. The van der Waals surface area contributed by atoms with Gasteiger partial charge in [0.2, 0.25) is 10.0 Å². The minimum Gasteiger partial charge on any atom is -0.372 e. The van der Waals surface area contributed by atoms with E-state index < -0.39 is 10.0 Å². The molecule has 2 aromatic rings. The fourth-order valence-electron chi connectivity index (χ4n) is 3.62. The summed E-state index contributed by atoms with van der Waals surface area (Å²) in [6.45, 7) is 2.12. The summed E-state index contributed by atoms with van der Waals surface area (Å²) in [5.41, 5.74) is 2.06. The van der Waals surface area contributed by atoms with Gasteiger partial charge in [-0.1, -0.05) is 24.4 Å². The van der Waals surface area contributed by atoms with Gasteiger partial charge in [0.25, 0.3) is 5.91 Å². The van der Waals surface area contributed by atoms with Gasteiger partial charge in [0.15, 0.2) is 0 Å². The van der Waals surface area contributed by atoms with E-state index in [0.717, 1.165) is 31.6 Å². The van der Waals surface area contributed by atoms with Crippen LogP contribution in [0.15, 0.2) is 47.4 Å². The number of anilines is 2. The van der Waals surface area contributed by atoms with Crippen LogP contribution in [0.5, 0.6) is 0 Å². The Kier molecular flexibility index (Phi) is 6.32. The molecule has 2 N–H and O–H groups in total. The molecule has 0 unspecified atom stereocenters. The topological polar surface area (TPSA) is 78.5 Å². The van der Waals surface area contributed by atoms with Crippen LogP contribution in [0.4, 0.5) is 11.4 Å². The Morgan fingerprint density at radius 1 is 0.967 bits per heavy atom. The number of hydrogen-bond acceptors (Lipinski definition) is 4. The SMILES string of the molecule is O=C(Nc1ccc(N2CCCCCC2)cc1)c1ccc(Cl)c(S(=O)(=O)NC2CC2)c1. The molecular weight excluding hydrogens is 422 g/mol. The lowest BCUT2D eigenvalue weighted by atomic mass is 10.2. The highest BCUT2D eigenvalue weighted by atomic mass is 35.5. The van der Waals surface area contributed by atoms with Crippen molar-refractivity contribution in [3.8, 4) is 0 Å². The van der Waals surface area contributed by atoms with Crippen LogP contribution in [-0.2, 0) is 10.0 Å². The van der Waals surface area contributed by atoms with Crippen molar-refractivity contribution in [1.29, 1.82) is 0 Å². The summed E-state index contributed by atoms with van der Waals surface area (Å²) in [6.07, 6.45) is 6.61. The van der Waals surface area contributed by atoms with Crippen LogP contribution >= 0.6 is 11.6 Å². The number of nitrogens with one attached hydrogen (secondary N) is 2. The minimum absolute atomic E-state index is 0.0359. The first-order valence-corrected chi connectivity index (χ1v) is 12.3. The number of rotatable bonds is 6. The molecule has 0 spiro atoms. The standard InChI is InChI=1S/C22H26ClN3O3S/c23-20-12-5-16(15-21(20)30(28,29)25-18-6-7-18)22(27)24-17-8-10-19(11-9-17)26-13-3-1-2-4-14-26/h5,8-12,15,18,25H,1-4,6-7,13-14H2,(H,24,27). The van der Waals surface area contributed by atoms with E-state index in [2.05, 4.69) is 14.9 Å². The predicted octanol–water partition coefficient (Wildman–Crippen LogP) is 4.41. The highest BCUT2D eigenvalue weighted by Crippen LogP contribution is 2.27. The van der Waals surface area contributed by atoms with Crippen molar-refractivity contribution in [2.45, 2.75) is 49.5 Å². The Bertz CT molecular complexity index is 1010. The zero-order valence-electron chi connectivity index (χ0n) is 16.7. The smallest absolute Gasteiger partial charge is 0.255 e. The van der Waals surface area contributed by atoms with Crippen molar-refractivity contribution in [1.82, 2.24) is 4.72 Å². The van der Waals surface area contributed by atoms with E-state index in [1.54, 1.807) is 0 Å². The number of hydrogen-bond donors (Lipinski definition) is 2. The molecule has 4 rings (SSSR count). The number of halogens is 1. The van der Waals surface area contributed by atoms with Gasteiger partial charge in [-0.2, -0.15) is 0 Å². The first-order valence-electron chi connectivity index (χ1n) is 10.4. The molecule has 1 amide bonds. The zero-order chi connectivity index (χ0) is 21.1. The minimum atomic E-state index is -3.75. The van der Waals surface area contributed by atoms with Crippen LogP contribution in [0, 0.1) is 0 Å². The first kappa shape index (κ1) is 21.2. The Morgan fingerprint density at radius 3 is 2.27 bits per heavy atom. The van der Waals surface area contributed by atoms with Crippen LogP contribution in [-0.4, -0.2) is 33.5 Å². The number of amides is 1. The summed E-state index contributed by atoms with van der Waals surface area (Å²) >= 11 is 6.10. The maximum atomic E-state index is 12.7. The summed E-state index contributed by atoms with van der Waals surface area (Å²) in [4.78, 5) is 15.0. The van der Waals surface area contributed by atoms with Crippen LogP contribution in [0.25, 0.3) is 0 Å². The third-order valence-corrected chi connectivity index (χ3v) is 7.48. The van der Waals surface area contributed by atoms with Crippen LogP contribution in [0.3, 0.4) is 0 Å². The predicted molar refractivity (Wildman–Crippen MR) is 120 cm³/mol. The van der Waals surface area contributed by atoms with E-state index >= 15 is 0 Å². The molecule has 1 saturated carbocycles. The molecule has 160 valence electrons. The number of nitrogens with zero attached hydrogens (tertiary/aromatic N) is 1. The van der Waals surface area contributed by atoms with Crippen LogP contribution < -0.4 is 14.9 Å². The highest BCUT2D eigenvalue weighted by Gasteiger charge is 2.29. The van der Waals surface area contributed by atoms with Crippen molar-refractivity contribution in [2.75, 3.05) is 23.3 Å². The fourth-order valence-corrected chi connectivity index (χ4v) is 5.45. The lowest BCUT2D eigenvalue weighted by Crippen LogP contribution is -2.26. The average molecular weight is 448 g/mol. The quantitative estimate of drug-likeness (QED) is 0.687. The fraction of sp³-hybridized carbons (Fsp3) is 0.409. The second-order valence-electron chi connectivity index (χ2n) is 7.94. The van der Waals surface area contributed by atoms with E-state index in [-0.39, 0.29) is 27.4 Å². The van der Waals surface area contributed by atoms with Gasteiger partial charge in [0.05, 0.1) is 5.02 Å². The molecule has 2 aliphatic rings. The van der Waals surface area contributed by atoms with Gasteiger partial charge in [-0.05, 0) is 68.1 Å². The molecule has 8 heteroatoms. The maximum Gasteiger partial charge on any atom is 0.255 e. The summed E-state index contributed by atoms with van der Waals surface area (Å²) in [7, 11) is -3.75. The van der Waals surface area contributed by atoms with Gasteiger partial charge in [0, 0.05) is 36.1 Å². The number of sulfonamides is 1. The van der Waals surface area contributed by atoms with Gasteiger partial charge < -0.3 is 10.2 Å². The van der Waals surface area contributed by atoms with Crippen molar-refractivity contribution >= 4 is 38.9 Å². The highest BCUT2D eigenvalue weighted by molar-refractivity contribution is 7.89. The Hall–Kier alpha value is -2.09. The molecule has 30 heavy (non-hydrogen) atoms. The van der Waals surface area contributed by atoms with E-state index in [0.29, 0.717) is 5.69 Å². The summed E-state index contributed by atoms with van der Waals surface area (Å²) < 4.78 is 27.6. The molecule has 1 aliphatic heterocycles. The van der Waals surface area contributed by atoms with Gasteiger partial charge in [0.1, 0.15) is 4.90 Å².